The van der Waals surface area contributed by atoms with Crippen LogP contribution in [0.15, 0.2) is 0 Å². The molecule has 0 aromatic rings. The molecular weight excluding hydrogens is 236 g/mol. The van der Waals surface area contributed by atoms with Gasteiger partial charge in [0.2, 0.25) is 5.91 Å². The van der Waals surface area contributed by atoms with Crippen LogP contribution in [0.1, 0.15) is 26.2 Å². The van der Waals surface area contributed by atoms with Gasteiger partial charge in [-0.2, -0.15) is 11.8 Å². The third-order valence-electron chi connectivity index (χ3n) is 2.93. The second-order valence-electron chi connectivity index (χ2n) is 4.70. The number of carbonyl (C=O) groups excluding carboxylic acids is 1. The lowest BCUT2D eigenvalue weighted by atomic mass is 10.1. The summed E-state index contributed by atoms with van der Waals surface area (Å²) < 4.78 is 5.25. The largest absolute Gasteiger partial charge is 0.385 e. The maximum Gasteiger partial charge on any atom is 0.233 e. The Hall–Kier alpha value is -0.260. The van der Waals surface area contributed by atoms with Crippen molar-refractivity contribution in [2.24, 2.45) is 0 Å². The van der Waals surface area contributed by atoms with E-state index in [1.54, 1.807) is 7.11 Å². The Morgan fingerprint density at radius 3 is 3.00 bits per heavy atom. The highest BCUT2D eigenvalue weighted by Crippen LogP contribution is 2.36. The normalized spacial score (nSPS) is 23.9. The van der Waals surface area contributed by atoms with Crippen molar-refractivity contribution in [1.29, 1.82) is 0 Å². The maximum absolute atomic E-state index is 11.5. The third kappa shape index (κ3) is 6.29. The SMILES string of the molecule is COCCCNC(=O)CNCC1(C)CCCS1. The molecule has 1 aliphatic rings. The van der Waals surface area contributed by atoms with Gasteiger partial charge in [0.05, 0.1) is 6.54 Å². The first-order chi connectivity index (χ1) is 8.16. The lowest BCUT2D eigenvalue weighted by molar-refractivity contribution is -0.120. The van der Waals surface area contributed by atoms with Crippen LogP contribution in [0.3, 0.4) is 0 Å². The Balaban J connectivity index is 2.00. The molecule has 1 saturated heterocycles. The Labute approximate surface area is 108 Å². The topological polar surface area (TPSA) is 50.4 Å². The molecule has 0 radical (unpaired) electrons. The van der Waals surface area contributed by atoms with Crippen molar-refractivity contribution in [3.63, 3.8) is 0 Å². The van der Waals surface area contributed by atoms with Crippen LogP contribution in [0, 0.1) is 0 Å². The van der Waals surface area contributed by atoms with Crippen LogP contribution in [-0.4, -0.2) is 49.8 Å². The quantitative estimate of drug-likeness (QED) is 0.640. The Morgan fingerprint density at radius 1 is 1.53 bits per heavy atom. The molecular formula is C12H24N2O2S. The highest BCUT2D eigenvalue weighted by atomic mass is 32.2. The smallest absolute Gasteiger partial charge is 0.233 e. The van der Waals surface area contributed by atoms with Gasteiger partial charge in [-0.05, 0) is 31.9 Å². The number of thioether (sulfide) groups is 1. The fourth-order valence-electron chi connectivity index (χ4n) is 1.92. The van der Waals surface area contributed by atoms with E-state index in [4.69, 9.17) is 4.74 Å². The van der Waals surface area contributed by atoms with Crippen LogP contribution >= 0.6 is 11.8 Å². The van der Waals surface area contributed by atoms with Crippen molar-refractivity contribution in [3.05, 3.63) is 0 Å². The fraction of sp³-hybridized carbons (Fsp3) is 0.917. The first kappa shape index (κ1) is 14.8. The number of methoxy groups -OCH3 is 1. The van der Waals surface area contributed by atoms with Gasteiger partial charge in [0.25, 0.3) is 0 Å². The molecule has 17 heavy (non-hydrogen) atoms. The second kappa shape index (κ2) is 7.95. The summed E-state index contributed by atoms with van der Waals surface area (Å²) in [4.78, 5) is 11.5. The molecule has 1 rings (SSSR count). The molecule has 0 aromatic heterocycles. The number of amides is 1. The van der Waals surface area contributed by atoms with E-state index in [-0.39, 0.29) is 5.91 Å². The monoisotopic (exact) mass is 260 g/mol. The standard InChI is InChI=1S/C12H24N2O2S/c1-12(5-3-8-17-12)10-13-9-11(15)14-6-4-7-16-2/h13H,3-10H2,1-2H3,(H,14,15). The highest BCUT2D eigenvalue weighted by Gasteiger charge is 2.28. The number of nitrogens with one attached hydrogen (secondary N) is 2. The fourth-order valence-corrected chi connectivity index (χ4v) is 3.20. The minimum Gasteiger partial charge on any atom is -0.385 e. The molecule has 1 atom stereocenters. The van der Waals surface area contributed by atoms with Crippen LogP contribution in [-0.2, 0) is 9.53 Å². The van der Waals surface area contributed by atoms with Crippen molar-refractivity contribution in [2.75, 3.05) is 39.1 Å². The van der Waals surface area contributed by atoms with Gasteiger partial charge < -0.3 is 15.4 Å². The second-order valence-corrected chi connectivity index (χ2v) is 6.38. The molecule has 1 fully saturated rings. The van der Waals surface area contributed by atoms with Gasteiger partial charge in [0, 0.05) is 31.6 Å². The molecule has 100 valence electrons. The van der Waals surface area contributed by atoms with E-state index in [0.717, 1.165) is 13.0 Å². The van der Waals surface area contributed by atoms with Crippen LogP contribution in [0.5, 0.6) is 0 Å². The summed E-state index contributed by atoms with van der Waals surface area (Å²) in [7, 11) is 1.67. The molecule has 1 unspecified atom stereocenters. The Kier molecular flexibility index (Phi) is 6.92. The van der Waals surface area contributed by atoms with E-state index < -0.39 is 0 Å². The molecule has 0 spiro atoms. The first-order valence-corrected chi connectivity index (χ1v) is 7.25. The zero-order valence-electron chi connectivity index (χ0n) is 10.9. The van der Waals surface area contributed by atoms with Crippen LogP contribution in [0.25, 0.3) is 0 Å². The number of rotatable bonds is 8. The van der Waals surface area contributed by atoms with Gasteiger partial charge >= 0.3 is 0 Å². The maximum atomic E-state index is 11.5. The lowest BCUT2D eigenvalue weighted by Crippen LogP contribution is -2.40. The zero-order chi connectivity index (χ0) is 12.6. The number of ether oxygens (including phenoxy) is 1. The molecule has 1 amide bonds. The Bertz CT molecular complexity index is 231. The number of hydrogen-bond donors (Lipinski definition) is 2. The molecule has 0 aromatic carbocycles. The average molecular weight is 260 g/mol. The summed E-state index contributed by atoms with van der Waals surface area (Å²) in [5.74, 6) is 1.33. The van der Waals surface area contributed by atoms with Crippen LogP contribution in [0.4, 0.5) is 0 Å². The summed E-state index contributed by atoms with van der Waals surface area (Å²) >= 11 is 2.01. The van der Waals surface area contributed by atoms with E-state index >= 15 is 0 Å². The van der Waals surface area contributed by atoms with Crippen molar-refractivity contribution < 1.29 is 9.53 Å². The molecule has 5 heteroatoms. The third-order valence-corrected chi connectivity index (χ3v) is 4.47. The summed E-state index contributed by atoms with van der Waals surface area (Å²) in [5.41, 5.74) is 0. The molecule has 1 heterocycles. The van der Waals surface area contributed by atoms with E-state index in [0.29, 0.717) is 24.4 Å². The molecule has 0 aliphatic carbocycles. The van der Waals surface area contributed by atoms with E-state index in [2.05, 4.69) is 17.6 Å². The van der Waals surface area contributed by atoms with Crippen molar-refractivity contribution in [3.8, 4) is 0 Å². The first-order valence-electron chi connectivity index (χ1n) is 6.27. The lowest BCUT2D eigenvalue weighted by Gasteiger charge is -2.22. The van der Waals surface area contributed by atoms with Crippen molar-refractivity contribution in [2.45, 2.75) is 30.9 Å². The highest BCUT2D eigenvalue weighted by molar-refractivity contribution is 8.00. The van der Waals surface area contributed by atoms with Crippen molar-refractivity contribution >= 4 is 17.7 Å². The van der Waals surface area contributed by atoms with Gasteiger partial charge in [-0.3, -0.25) is 4.79 Å². The molecule has 0 bridgehead atoms. The predicted molar refractivity (Wildman–Crippen MR) is 72.5 cm³/mol. The van der Waals surface area contributed by atoms with Gasteiger partial charge in [0.1, 0.15) is 0 Å². The van der Waals surface area contributed by atoms with Crippen LogP contribution in [0.2, 0.25) is 0 Å². The van der Waals surface area contributed by atoms with Gasteiger partial charge in [-0.15, -0.1) is 0 Å². The molecule has 0 saturated carbocycles. The predicted octanol–water partition coefficient (Wildman–Crippen LogP) is 1.01. The Morgan fingerprint density at radius 2 is 2.35 bits per heavy atom. The molecule has 4 nitrogen and oxygen atoms in total. The summed E-state index contributed by atoms with van der Waals surface area (Å²) in [6.45, 7) is 5.00. The van der Waals surface area contributed by atoms with Gasteiger partial charge in [-0.25, -0.2) is 0 Å². The van der Waals surface area contributed by atoms with Gasteiger partial charge in [-0.1, -0.05) is 0 Å². The number of hydrogen-bond acceptors (Lipinski definition) is 4. The van der Waals surface area contributed by atoms with E-state index in [1.807, 2.05) is 11.8 Å². The summed E-state index contributed by atoms with van der Waals surface area (Å²) in [6, 6.07) is 0. The van der Waals surface area contributed by atoms with Crippen LogP contribution < -0.4 is 10.6 Å². The minimum absolute atomic E-state index is 0.0766. The summed E-state index contributed by atoms with van der Waals surface area (Å²) in [5, 5.41) is 6.11. The summed E-state index contributed by atoms with van der Waals surface area (Å²) in [6.07, 6.45) is 3.42. The van der Waals surface area contributed by atoms with E-state index in [9.17, 15) is 4.79 Å². The zero-order valence-corrected chi connectivity index (χ0v) is 11.7. The average Bonchev–Trinajstić information content (AvgIpc) is 2.72. The van der Waals surface area contributed by atoms with Gasteiger partial charge in [0.15, 0.2) is 0 Å². The molecule has 1 aliphatic heterocycles. The van der Waals surface area contributed by atoms with Crippen molar-refractivity contribution in [1.82, 2.24) is 10.6 Å². The minimum atomic E-state index is 0.0766. The number of carbonyl (C=O) groups is 1. The molecule has 2 N–H and O–H groups in total. The van der Waals surface area contributed by atoms with E-state index in [1.165, 1.54) is 18.6 Å².